The molecule has 0 spiro atoms. The Bertz CT molecular complexity index is 1170. The number of carboxylic acid groups (broad SMARTS) is 1. The summed E-state index contributed by atoms with van der Waals surface area (Å²) in [5.74, 6) is 0.253. The second kappa shape index (κ2) is 9.21. The number of carboxylic acids is 1. The van der Waals surface area contributed by atoms with Gasteiger partial charge in [0, 0.05) is 22.7 Å². The third kappa shape index (κ3) is 5.51. The van der Waals surface area contributed by atoms with Gasteiger partial charge in [0.1, 0.15) is 23.9 Å². The average molecular weight is 445 g/mol. The lowest BCUT2D eigenvalue weighted by Gasteiger charge is -2.16. The highest BCUT2D eigenvalue weighted by Crippen LogP contribution is 2.31. The molecule has 3 rings (SSSR count). The second-order valence-electron chi connectivity index (χ2n) is 7.40. The van der Waals surface area contributed by atoms with Gasteiger partial charge in [0.05, 0.1) is 12.0 Å². The summed E-state index contributed by atoms with van der Waals surface area (Å²) in [6, 6.07) is 9.85. The predicted octanol–water partition coefficient (Wildman–Crippen LogP) is 6.17. The standard InChI is InChI=1S/C24H22F3NO4/c1-14(2)22(32-15(3)16-4-6-18(7-5-16)24(25,26)27)13-31-19-8-9-21-20(11-19)17(12-28-21)10-23(29)30/h4-9,11-12,28H,3,10,13H2,1-2H3,(H,29,30). The first-order valence-corrected chi connectivity index (χ1v) is 9.70. The van der Waals surface area contributed by atoms with E-state index in [1.807, 2.05) is 13.8 Å². The van der Waals surface area contributed by atoms with E-state index in [1.165, 1.54) is 12.1 Å². The van der Waals surface area contributed by atoms with Crippen molar-refractivity contribution in [2.75, 3.05) is 6.61 Å². The number of alkyl halides is 3. The van der Waals surface area contributed by atoms with Crippen molar-refractivity contribution in [1.82, 2.24) is 4.98 Å². The van der Waals surface area contributed by atoms with Crippen LogP contribution in [0.3, 0.4) is 0 Å². The van der Waals surface area contributed by atoms with Gasteiger partial charge in [-0.15, -0.1) is 0 Å². The summed E-state index contributed by atoms with van der Waals surface area (Å²) in [7, 11) is 0. The van der Waals surface area contributed by atoms with E-state index >= 15 is 0 Å². The molecule has 0 unspecified atom stereocenters. The molecular formula is C24H22F3NO4. The maximum absolute atomic E-state index is 12.8. The van der Waals surface area contributed by atoms with Crippen LogP contribution < -0.4 is 4.74 Å². The number of hydrogen-bond donors (Lipinski definition) is 2. The Morgan fingerprint density at radius 2 is 1.81 bits per heavy atom. The molecule has 0 amide bonds. The number of halogens is 3. The zero-order chi connectivity index (χ0) is 23.5. The molecule has 8 heteroatoms. The van der Waals surface area contributed by atoms with Gasteiger partial charge in [-0.05, 0) is 55.3 Å². The Hall–Kier alpha value is -3.68. The van der Waals surface area contributed by atoms with E-state index in [0.717, 1.165) is 28.6 Å². The maximum atomic E-state index is 12.8. The minimum atomic E-state index is -4.41. The molecule has 1 aromatic heterocycles. The highest BCUT2D eigenvalue weighted by molar-refractivity contribution is 5.88. The van der Waals surface area contributed by atoms with E-state index in [0.29, 0.717) is 22.6 Å². The number of aromatic nitrogens is 1. The number of rotatable bonds is 8. The number of aliphatic carboxylic acids is 1. The molecule has 0 aliphatic carbocycles. The first-order valence-electron chi connectivity index (χ1n) is 9.70. The number of fused-ring (bicyclic) bond motifs is 1. The number of ether oxygens (including phenoxy) is 2. The fraction of sp³-hybridized carbons (Fsp3) is 0.208. The smallest absolute Gasteiger partial charge is 0.416 e. The van der Waals surface area contributed by atoms with Crippen molar-refractivity contribution >= 4 is 22.6 Å². The molecule has 1 heterocycles. The SMILES string of the molecule is C=C(OC(COc1ccc2[nH]cc(CC(=O)O)c2c1)=C(C)C)c1ccc(C(F)(F)F)cc1. The molecule has 2 aromatic carbocycles. The number of aromatic amines is 1. The quantitative estimate of drug-likeness (QED) is 0.407. The number of carbonyl (C=O) groups is 1. The van der Waals surface area contributed by atoms with Crippen LogP contribution in [-0.4, -0.2) is 22.7 Å². The minimum Gasteiger partial charge on any atom is -0.486 e. The van der Waals surface area contributed by atoms with E-state index in [2.05, 4.69) is 11.6 Å². The summed E-state index contributed by atoms with van der Waals surface area (Å²) in [5.41, 5.74) is 1.92. The second-order valence-corrected chi connectivity index (χ2v) is 7.40. The molecule has 0 atom stereocenters. The first kappa shape index (κ1) is 23.0. The molecule has 2 N–H and O–H groups in total. The van der Waals surface area contributed by atoms with E-state index in [-0.39, 0.29) is 18.8 Å². The Balaban J connectivity index is 1.70. The predicted molar refractivity (Wildman–Crippen MR) is 115 cm³/mol. The van der Waals surface area contributed by atoms with Crippen LogP contribution in [0.2, 0.25) is 0 Å². The average Bonchev–Trinajstić information content (AvgIpc) is 3.11. The first-order chi connectivity index (χ1) is 15.0. The molecule has 168 valence electrons. The fourth-order valence-electron chi connectivity index (χ4n) is 3.03. The summed E-state index contributed by atoms with van der Waals surface area (Å²) < 4.78 is 49.9. The molecule has 0 bridgehead atoms. The topological polar surface area (TPSA) is 71.5 Å². The molecular weight excluding hydrogens is 423 g/mol. The van der Waals surface area contributed by atoms with Gasteiger partial charge in [-0.25, -0.2) is 0 Å². The molecule has 0 aliphatic rings. The third-order valence-corrected chi connectivity index (χ3v) is 4.79. The van der Waals surface area contributed by atoms with Crippen molar-refractivity contribution in [3.63, 3.8) is 0 Å². The normalized spacial score (nSPS) is 11.3. The Morgan fingerprint density at radius 1 is 1.12 bits per heavy atom. The van der Waals surface area contributed by atoms with Crippen molar-refractivity contribution in [2.24, 2.45) is 0 Å². The summed E-state index contributed by atoms with van der Waals surface area (Å²) in [5, 5.41) is 9.80. The molecule has 0 saturated carbocycles. The van der Waals surface area contributed by atoms with Crippen LogP contribution >= 0.6 is 0 Å². The van der Waals surface area contributed by atoms with Crippen LogP contribution in [0.25, 0.3) is 16.7 Å². The van der Waals surface area contributed by atoms with E-state index in [1.54, 1.807) is 24.4 Å². The minimum absolute atomic E-state index is 0.0617. The lowest BCUT2D eigenvalue weighted by atomic mass is 10.1. The van der Waals surface area contributed by atoms with Gasteiger partial charge in [0.25, 0.3) is 0 Å². The number of hydrogen-bond acceptors (Lipinski definition) is 3. The summed E-state index contributed by atoms with van der Waals surface area (Å²) >= 11 is 0. The number of allylic oxidation sites excluding steroid dienone is 1. The van der Waals surface area contributed by atoms with Crippen molar-refractivity contribution in [1.29, 1.82) is 0 Å². The summed E-state index contributed by atoms with van der Waals surface area (Å²) in [6.45, 7) is 7.51. The number of benzene rings is 2. The van der Waals surface area contributed by atoms with Gasteiger partial charge in [0.2, 0.25) is 0 Å². The lowest BCUT2D eigenvalue weighted by Crippen LogP contribution is -2.07. The molecule has 3 aromatic rings. The number of H-pyrrole nitrogens is 1. The fourth-order valence-corrected chi connectivity index (χ4v) is 3.03. The molecule has 0 aliphatic heterocycles. The van der Waals surface area contributed by atoms with Crippen molar-refractivity contribution in [3.05, 3.63) is 83.3 Å². The van der Waals surface area contributed by atoms with Crippen LogP contribution in [0, 0.1) is 0 Å². The van der Waals surface area contributed by atoms with Gasteiger partial charge in [-0.3, -0.25) is 4.79 Å². The van der Waals surface area contributed by atoms with E-state index in [4.69, 9.17) is 14.6 Å². The van der Waals surface area contributed by atoms with Crippen LogP contribution in [0.15, 0.2) is 66.6 Å². The van der Waals surface area contributed by atoms with Crippen LogP contribution in [0.4, 0.5) is 13.2 Å². The van der Waals surface area contributed by atoms with Crippen molar-refractivity contribution < 1.29 is 32.5 Å². The molecule has 5 nitrogen and oxygen atoms in total. The van der Waals surface area contributed by atoms with Gasteiger partial charge >= 0.3 is 12.1 Å². The summed E-state index contributed by atoms with van der Waals surface area (Å²) in [6.07, 6.45) is -2.87. The third-order valence-electron chi connectivity index (χ3n) is 4.79. The molecule has 0 saturated heterocycles. The Labute approximate surface area is 182 Å². The zero-order valence-corrected chi connectivity index (χ0v) is 17.5. The number of nitrogens with one attached hydrogen (secondary N) is 1. The highest BCUT2D eigenvalue weighted by atomic mass is 19.4. The van der Waals surface area contributed by atoms with Gasteiger partial charge < -0.3 is 19.6 Å². The van der Waals surface area contributed by atoms with E-state index < -0.39 is 17.7 Å². The molecule has 0 fully saturated rings. The monoisotopic (exact) mass is 445 g/mol. The molecule has 32 heavy (non-hydrogen) atoms. The van der Waals surface area contributed by atoms with Gasteiger partial charge in [0.15, 0.2) is 0 Å². The molecule has 0 radical (unpaired) electrons. The Morgan fingerprint density at radius 3 is 2.41 bits per heavy atom. The van der Waals surface area contributed by atoms with Crippen molar-refractivity contribution in [3.8, 4) is 5.75 Å². The summed E-state index contributed by atoms with van der Waals surface area (Å²) in [4.78, 5) is 14.1. The van der Waals surface area contributed by atoms with Gasteiger partial charge in [-0.2, -0.15) is 13.2 Å². The van der Waals surface area contributed by atoms with Crippen molar-refractivity contribution in [2.45, 2.75) is 26.4 Å². The highest BCUT2D eigenvalue weighted by Gasteiger charge is 2.30. The van der Waals surface area contributed by atoms with Crippen LogP contribution in [0.1, 0.15) is 30.5 Å². The Kier molecular flexibility index (Phi) is 6.62. The maximum Gasteiger partial charge on any atom is 0.416 e. The van der Waals surface area contributed by atoms with Crippen LogP contribution in [-0.2, 0) is 22.1 Å². The van der Waals surface area contributed by atoms with Gasteiger partial charge in [-0.1, -0.05) is 18.7 Å². The van der Waals surface area contributed by atoms with E-state index in [9.17, 15) is 18.0 Å². The lowest BCUT2D eigenvalue weighted by molar-refractivity contribution is -0.138. The zero-order valence-electron chi connectivity index (χ0n) is 17.5. The van der Waals surface area contributed by atoms with Crippen LogP contribution in [0.5, 0.6) is 5.75 Å². The largest absolute Gasteiger partial charge is 0.486 e.